The summed E-state index contributed by atoms with van der Waals surface area (Å²) in [5.41, 5.74) is -9.23. The third-order valence-corrected chi connectivity index (χ3v) is 8.45. The van der Waals surface area contributed by atoms with Crippen LogP contribution in [0.4, 0.5) is 0 Å². The maximum atomic E-state index is 9.95. The van der Waals surface area contributed by atoms with E-state index in [1.807, 2.05) is 0 Å². The van der Waals surface area contributed by atoms with Crippen molar-refractivity contribution in [1.29, 1.82) is 0 Å². The summed E-state index contributed by atoms with van der Waals surface area (Å²) in [5, 5.41) is -3.98. The molecule has 0 N–H and O–H groups in total. The van der Waals surface area contributed by atoms with Gasteiger partial charge in [0, 0.05) is 38.0 Å². The standard InChI is InChI=1S/C48H31N3/c1-2-15-32(16-3-1)33-17-12-18-34(31-33)49-41-25-8-6-21-37(41)39-23-14-30-46(47(39)49)51-44-28-11-7-22-38(44)40-24-13-29-45(48(40)51)50-42-26-9-4-19-35(42)36-20-5-10-27-43(36)50/h1-31H/i1D,2D,3D,4D,5D,6D,7D,8D,9D,10D,11D,12D,13D,14D,15D,16D,17D,18D,19D,20D,21D,22D,23D,24D,25D,26D,27D,28D,29D,30D,31D. The van der Waals surface area contributed by atoms with Gasteiger partial charge in [-0.15, -0.1) is 0 Å². The Morgan fingerprint density at radius 1 is 0.294 bits per heavy atom. The molecule has 0 fully saturated rings. The van der Waals surface area contributed by atoms with Crippen LogP contribution in [0.15, 0.2) is 187 Å². The molecule has 3 heterocycles. The molecule has 238 valence electrons. The zero-order valence-corrected chi connectivity index (χ0v) is 25.3. The summed E-state index contributed by atoms with van der Waals surface area (Å²) in [6.07, 6.45) is 0. The topological polar surface area (TPSA) is 14.8 Å². The number of nitrogens with zero attached hydrogens (tertiary/aromatic N) is 3. The first-order valence-corrected chi connectivity index (χ1v) is 15.0. The Morgan fingerprint density at radius 3 is 1.27 bits per heavy atom. The van der Waals surface area contributed by atoms with E-state index in [0.29, 0.717) is 9.13 Å². The third-order valence-electron chi connectivity index (χ3n) is 8.45. The molecule has 0 unspecified atom stereocenters. The molecule has 0 saturated carbocycles. The van der Waals surface area contributed by atoms with Gasteiger partial charge in [0.1, 0.15) is 0 Å². The van der Waals surface area contributed by atoms with Crippen molar-refractivity contribution in [2.45, 2.75) is 0 Å². The minimum atomic E-state index is -1.17. The van der Waals surface area contributed by atoms with Crippen molar-refractivity contribution in [3.8, 4) is 28.2 Å². The Morgan fingerprint density at radius 2 is 0.686 bits per heavy atom. The maximum Gasteiger partial charge on any atom is 0.0783 e. The summed E-state index contributed by atoms with van der Waals surface area (Å²) in [6.45, 7) is 0. The van der Waals surface area contributed by atoms with E-state index >= 15 is 0 Å². The van der Waals surface area contributed by atoms with Gasteiger partial charge in [0.05, 0.1) is 87.0 Å². The summed E-state index contributed by atoms with van der Waals surface area (Å²) < 4.78 is 285. The van der Waals surface area contributed by atoms with Gasteiger partial charge in [-0.1, -0.05) is 139 Å². The molecule has 3 heteroatoms. The van der Waals surface area contributed by atoms with E-state index in [2.05, 4.69) is 0 Å². The molecule has 11 rings (SSSR count). The lowest BCUT2D eigenvalue weighted by molar-refractivity contribution is 1.11. The van der Waals surface area contributed by atoms with E-state index in [0.717, 1.165) is 4.57 Å². The second kappa shape index (κ2) is 10.8. The van der Waals surface area contributed by atoms with Gasteiger partial charge in [0.25, 0.3) is 0 Å². The van der Waals surface area contributed by atoms with E-state index < -0.39 is 281 Å². The lowest BCUT2D eigenvalue weighted by atomic mass is 10.1. The fourth-order valence-electron chi connectivity index (χ4n) is 6.47. The summed E-state index contributed by atoms with van der Waals surface area (Å²) in [5.74, 6) is 0. The molecule has 0 aliphatic heterocycles. The Labute approximate surface area is 338 Å². The quantitative estimate of drug-likeness (QED) is 0.176. The van der Waals surface area contributed by atoms with E-state index in [1.165, 1.54) is 0 Å². The number of hydrogen-bond donors (Lipinski definition) is 0. The monoisotopic (exact) mass is 680 g/mol. The molecular formula is C48H31N3. The molecule has 0 aliphatic rings. The average Bonchev–Trinajstić information content (AvgIpc) is 1.62. The number of hydrogen-bond acceptors (Lipinski definition) is 0. The Kier molecular flexibility index (Phi) is 2.41. The van der Waals surface area contributed by atoms with Gasteiger partial charge in [-0.25, -0.2) is 0 Å². The van der Waals surface area contributed by atoms with Crippen LogP contribution in [0, 0.1) is 0 Å². The van der Waals surface area contributed by atoms with Crippen molar-refractivity contribution in [3.63, 3.8) is 0 Å². The van der Waals surface area contributed by atoms with Crippen molar-refractivity contribution in [3.05, 3.63) is 187 Å². The minimum Gasteiger partial charge on any atom is -0.307 e. The van der Waals surface area contributed by atoms with E-state index in [-0.39, 0.29) is 0 Å². The highest BCUT2D eigenvalue weighted by Gasteiger charge is 2.23. The van der Waals surface area contributed by atoms with Gasteiger partial charge in [-0.2, -0.15) is 0 Å². The first-order chi connectivity index (χ1) is 38.2. The van der Waals surface area contributed by atoms with Crippen LogP contribution < -0.4 is 0 Å². The molecule has 0 atom stereocenters. The Bertz CT molecular complexity index is 4830. The van der Waals surface area contributed by atoms with E-state index in [1.54, 1.807) is 0 Å². The normalized spacial score (nSPS) is 20.4. The second-order valence-electron chi connectivity index (χ2n) is 11.0. The molecular weight excluding hydrogens is 619 g/mol. The molecule has 0 amide bonds. The zero-order valence-electron chi connectivity index (χ0n) is 56.3. The van der Waals surface area contributed by atoms with Crippen LogP contribution in [0.25, 0.3) is 93.6 Å². The molecule has 0 bridgehead atoms. The molecule has 8 aromatic carbocycles. The maximum absolute atomic E-state index is 9.95. The first-order valence-electron chi connectivity index (χ1n) is 30.5. The number of fused-ring (bicyclic) bond motifs is 9. The predicted molar refractivity (Wildman–Crippen MR) is 215 cm³/mol. The van der Waals surface area contributed by atoms with Gasteiger partial charge in [0.15, 0.2) is 0 Å². The molecule has 51 heavy (non-hydrogen) atoms. The highest BCUT2D eigenvalue weighted by molar-refractivity contribution is 6.17. The smallest absolute Gasteiger partial charge is 0.0783 e. The SMILES string of the molecule is [2H]c1c([2H])c([2H])c(-c2c([2H])c([2H])c([2H])c(-n3c4c([2H])c([2H])c([2H])c([2H])c4c4c([2H])c([2H])c([2H])c(-n5c6c([2H])c([2H])c([2H])c([2H])c6c6c([2H])c([2H])c([2H])c(-n7c8c([2H])c([2H])c([2H])c([2H])c8c8c([2H])c([2H])c([2H])c([2H])c87)c65)c43)c2[2H])c([2H])c1[2H]. The van der Waals surface area contributed by atoms with Gasteiger partial charge in [-0.05, 0) is 59.5 Å². The predicted octanol–water partition coefficient (Wildman–Crippen LogP) is 12.6. The molecule has 3 nitrogen and oxygen atoms in total. The molecule has 0 radical (unpaired) electrons. The molecule has 0 aliphatic carbocycles. The van der Waals surface area contributed by atoms with Crippen molar-refractivity contribution >= 4 is 65.4 Å². The second-order valence-corrected chi connectivity index (χ2v) is 11.0. The molecule has 11 aromatic rings. The van der Waals surface area contributed by atoms with Gasteiger partial charge in [0.2, 0.25) is 0 Å². The first kappa shape index (κ1) is 11.3. The van der Waals surface area contributed by atoms with Crippen LogP contribution >= 0.6 is 0 Å². The van der Waals surface area contributed by atoms with Gasteiger partial charge < -0.3 is 13.7 Å². The van der Waals surface area contributed by atoms with E-state index in [9.17, 15) is 19.2 Å². The Hall–Kier alpha value is -6.84. The van der Waals surface area contributed by atoms with Crippen LogP contribution in [0.2, 0.25) is 0 Å². The summed E-state index contributed by atoms with van der Waals surface area (Å²) in [4.78, 5) is 0. The largest absolute Gasteiger partial charge is 0.307 e. The average molecular weight is 681 g/mol. The number of rotatable bonds is 4. The summed E-state index contributed by atoms with van der Waals surface area (Å²) in [6, 6.07) is -31.1. The molecule has 3 aromatic heterocycles. The van der Waals surface area contributed by atoms with Crippen LogP contribution in [0.3, 0.4) is 0 Å². The summed E-state index contributed by atoms with van der Waals surface area (Å²) in [7, 11) is 0. The molecule has 0 saturated heterocycles. The van der Waals surface area contributed by atoms with E-state index in [4.69, 9.17) is 23.3 Å². The fourth-order valence-corrected chi connectivity index (χ4v) is 6.47. The van der Waals surface area contributed by atoms with Crippen molar-refractivity contribution in [1.82, 2.24) is 13.7 Å². The Balaban J connectivity index is 1.54. The van der Waals surface area contributed by atoms with Gasteiger partial charge >= 0.3 is 0 Å². The van der Waals surface area contributed by atoms with Crippen LogP contribution in [0.1, 0.15) is 42.5 Å². The zero-order chi connectivity index (χ0) is 60.4. The molecule has 0 spiro atoms. The third kappa shape index (κ3) is 4.00. The van der Waals surface area contributed by atoms with Crippen molar-refractivity contribution in [2.75, 3.05) is 0 Å². The van der Waals surface area contributed by atoms with Crippen LogP contribution in [-0.4, -0.2) is 13.7 Å². The minimum absolute atomic E-state index is 0.571. The fraction of sp³-hybridized carbons (Fsp3) is 0. The van der Waals surface area contributed by atoms with Crippen LogP contribution in [0.5, 0.6) is 0 Å². The summed E-state index contributed by atoms with van der Waals surface area (Å²) >= 11 is 0. The highest BCUT2D eigenvalue weighted by atomic mass is 15.1. The lowest BCUT2D eigenvalue weighted by Crippen LogP contribution is -2.03. The highest BCUT2D eigenvalue weighted by Crippen LogP contribution is 2.43. The van der Waals surface area contributed by atoms with Crippen molar-refractivity contribution < 1.29 is 42.5 Å². The van der Waals surface area contributed by atoms with Crippen molar-refractivity contribution in [2.24, 2.45) is 0 Å². The van der Waals surface area contributed by atoms with Gasteiger partial charge in [-0.3, -0.25) is 0 Å². The number of benzene rings is 8. The lowest BCUT2D eigenvalue weighted by Gasteiger charge is -2.17. The number of aromatic nitrogens is 3. The number of para-hydroxylation sites is 6. The van der Waals surface area contributed by atoms with Crippen LogP contribution in [-0.2, 0) is 0 Å².